The van der Waals surface area contributed by atoms with E-state index in [1.807, 2.05) is 30.3 Å². The zero-order chi connectivity index (χ0) is 10.8. The predicted octanol–water partition coefficient (Wildman–Crippen LogP) is 0.735. The Bertz CT molecular complexity index is 273. The second-order valence-electron chi connectivity index (χ2n) is 2.30. The molecule has 4 nitrogen and oxygen atoms in total. The Hall–Kier alpha value is -1.65. The van der Waals surface area contributed by atoms with Gasteiger partial charge in [0.1, 0.15) is 6.61 Å². The second kappa shape index (κ2) is 7.97. The lowest BCUT2D eigenvalue weighted by Crippen LogP contribution is -2.02. The van der Waals surface area contributed by atoms with E-state index in [1.54, 1.807) is 0 Å². The van der Waals surface area contributed by atoms with Crippen molar-refractivity contribution >= 4 is 5.97 Å². The van der Waals surface area contributed by atoms with Gasteiger partial charge in [0.05, 0.1) is 0 Å². The largest absolute Gasteiger partial charge is 0.458 e. The van der Waals surface area contributed by atoms with Gasteiger partial charge in [0.15, 0.2) is 0 Å². The Morgan fingerprint density at radius 1 is 1.36 bits per heavy atom. The van der Waals surface area contributed by atoms with E-state index in [-0.39, 0.29) is 5.97 Å². The van der Waals surface area contributed by atoms with Crippen LogP contribution in [-0.4, -0.2) is 5.97 Å². The normalized spacial score (nSPS) is 8.14. The number of carbonyl (C=O) groups excluding carboxylic acids is 1. The van der Waals surface area contributed by atoms with Crippen molar-refractivity contribution in [3.05, 3.63) is 48.6 Å². The van der Waals surface area contributed by atoms with Gasteiger partial charge in [-0.15, -0.1) is 0 Å². The molecule has 76 valence electrons. The topological polar surface area (TPSA) is 78.3 Å². The fourth-order valence-electron chi connectivity index (χ4n) is 0.788. The summed E-state index contributed by atoms with van der Waals surface area (Å²) in [4.78, 5) is 10.6. The third-order valence-corrected chi connectivity index (χ3v) is 1.39. The van der Waals surface area contributed by atoms with Crippen LogP contribution in [0.15, 0.2) is 43.0 Å². The van der Waals surface area contributed by atoms with Crippen LogP contribution in [-0.2, 0) is 16.1 Å². The zero-order valence-electron chi connectivity index (χ0n) is 7.85. The van der Waals surface area contributed by atoms with Crippen LogP contribution in [0.1, 0.15) is 5.56 Å². The van der Waals surface area contributed by atoms with E-state index in [0.717, 1.165) is 11.6 Å². The lowest BCUT2D eigenvalue weighted by Gasteiger charge is -2.00. The highest BCUT2D eigenvalue weighted by atomic mass is 16.5. The molecule has 1 aromatic rings. The summed E-state index contributed by atoms with van der Waals surface area (Å²) >= 11 is 0. The summed E-state index contributed by atoms with van der Waals surface area (Å²) in [6.45, 7) is 3.61. The van der Waals surface area contributed by atoms with Gasteiger partial charge in [-0.05, 0) is 5.56 Å². The van der Waals surface area contributed by atoms with Gasteiger partial charge < -0.3 is 4.74 Å². The Morgan fingerprint density at radius 3 is 2.43 bits per heavy atom. The van der Waals surface area contributed by atoms with Crippen LogP contribution in [0.5, 0.6) is 0 Å². The number of ether oxygens (including phenoxy) is 1. The summed E-state index contributed by atoms with van der Waals surface area (Å²) < 4.78 is 4.82. The number of carbonyl (C=O) groups is 1. The molecule has 14 heavy (non-hydrogen) atoms. The van der Waals surface area contributed by atoms with E-state index in [2.05, 4.69) is 18.3 Å². The molecule has 0 saturated carbocycles. The van der Waals surface area contributed by atoms with Crippen LogP contribution in [0.2, 0.25) is 0 Å². The molecular formula is C10H14N2O2. The lowest BCUT2D eigenvalue weighted by atomic mass is 10.2. The van der Waals surface area contributed by atoms with Gasteiger partial charge in [-0.3, -0.25) is 11.7 Å². The molecule has 0 aliphatic heterocycles. The first kappa shape index (κ1) is 12.3. The number of esters is 1. The molecule has 0 aromatic heterocycles. The minimum atomic E-state index is -0.390. The SMILES string of the molecule is C=CC(=O)OCc1ccccc1.NN. The van der Waals surface area contributed by atoms with Crippen molar-refractivity contribution in [3.63, 3.8) is 0 Å². The van der Waals surface area contributed by atoms with Crippen molar-refractivity contribution in [2.24, 2.45) is 11.7 Å². The van der Waals surface area contributed by atoms with Crippen molar-refractivity contribution in [2.75, 3.05) is 0 Å². The highest BCUT2D eigenvalue weighted by Crippen LogP contribution is 2.00. The molecule has 0 fully saturated rings. The summed E-state index contributed by atoms with van der Waals surface area (Å²) in [7, 11) is 0. The molecule has 0 aliphatic carbocycles. The van der Waals surface area contributed by atoms with E-state index < -0.39 is 0 Å². The van der Waals surface area contributed by atoms with Crippen LogP contribution in [0, 0.1) is 0 Å². The molecular weight excluding hydrogens is 180 g/mol. The molecule has 0 saturated heterocycles. The van der Waals surface area contributed by atoms with E-state index in [4.69, 9.17) is 4.74 Å². The first-order chi connectivity index (χ1) is 6.83. The van der Waals surface area contributed by atoms with Crippen molar-refractivity contribution < 1.29 is 9.53 Å². The number of benzene rings is 1. The molecule has 0 amide bonds. The van der Waals surface area contributed by atoms with Gasteiger partial charge in [0, 0.05) is 6.08 Å². The molecule has 4 N–H and O–H groups in total. The second-order valence-corrected chi connectivity index (χ2v) is 2.30. The monoisotopic (exact) mass is 194 g/mol. The van der Waals surface area contributed by atoms with Gasteiger partial charge >= 0.3 is 5.97 Å². The van der Waals surface area contributed by atoms with Crippen molar-refractivity contribution in [2.45, 2.75) is 6.61 Å². The highest BCUT2D eigenvalue weighted by Gasteiger charge is 1.95. The molecule has 0 unspecified atom stereocenters. The fraction of sp³-hybridized carbons (Fsp3) is 0.100. The van der Waals surface area contributed by atoms with E-state index in [1.165, 1.54) is 0 Å². The Kier molecular flexibility index (Phi) is 7.03. The fourth-order valence-corrected chi connectivity index (χ4v) is 0.788. The molecule has 0 bridgehead atoms. The van der Waals surface area contributed by atoms with Crippen molar-refractivity contribution in [3.8, 4) is 0 Å². The van der Waals surface area contributed by atoms with Gasteiger partial charge in [-0.25, -0.2) is 4.79 Å². The number of hydrazine groups is 1. The van der Waals surface area contributed by atoms with Crippen LogP contribution >= 0.6 is 0 Å². The van der Waals surface area contributed by atoms with Crippen LogP contribution in [0.25, 0.3) is 0 Å². The van der Waals surface area contributed by atoms with Crippen LogP contribution in [0.3, 0.4) is 0 Å². The lowest BCUT2D eigenvalue weighted by molar-refractivity contribution is -0.138. The summed E-state index contributed by atoms with van der Waals surface area (Å²) in [6, 6.07) is 9.51. The summed E-state index contributed by atoms with van der Waals surface area (Å²) in [5.74, 6) is 7.61. The highest BCUT2D eigenvalue weighted by molar-refractivity contribution is 5.81. The van der Waals surface area contributed by atoms with Gasteiger partial charge in [-0.2, -0.15) is 0 Å². The maximum absolute atomic E-state index is 10.6. The quantitative estimate of drug-likeness (QED) is 0.322. The van der Waals surface area contributed by atoms with Crippen LogP contribution in [0.4, 0.5) is 0 Å². The third-order valence-electron chi connectivity index (χ3n) is 1.39. The molecule has 0 spiro atoms. The Balaban J connectivity index is 0.000000791. The average Bonchev–Trinajstić information content (AvgIpc) is 2.30. The van der Waals surface area contributed by atoms with Crippen molar-refractivity contribution in [1.29, 1.82) is 0 Å². The summed E-state index contributed by atoms with van der Waals surface area (Å²) in [6.07, 6.45) is 1.16. The molecule has 1 aromatic carbocycles. The van der Waals surface area contributed by atoms with E-state index >= 15 is 0 Å². The Labute approximate surface area is 83.1 Å². The molecule has 0 heterocycles. The molecule has 4 heteroatoms. The first-order valence-corrected chi connectivity index (χ1v) is 3.99. The van der Waals surface area contributed by atoms with Crippen LogP contribution < -0.4 is 11.7 Å². The summed E-state index contributed by atoms with van der Waals surface area (Å²) in [5.41, 5.74) is 0.979. The third kappa shape index (κ3) is 5.08. The molecule has 0 radical (unpaired) electrons. The molecule has 0 atom stereocenters. The maximum atomic E-state index is 10.6. The average molecular weight is 194 g/mol. The number of hydrogen-bond acceptors (Lipinski definition) is 4. The first-order valence-electron chi connectivity index (χ1n) is 3.99. The minimum absolute atomic E-state index is 0.311. The van der Waals surface area contributed by atoms with E-state index in [9.17, 15) is 4.79 Å². The predicted molar refractivity (Wildman–Crippen MR) is 54.8 cm³/mol. The number of nitrogens with two attached hydrogens (primary N) is 2. The summed E-state index contributed by atoms with van der Waals surface area (Å²) in [5, 5.41) is 0. The molecule has 1 rings (SSSR count). The number of rotatable bonds is 3. The van der Waals surface area contributed by atoms with Gasteiger partial charge in [0.25, 0.3) is 0 Å². The van der Waals surface area contributed by atoms with Gasteiger partial charge in [-0.1, -0.05) is 36.9 Å². The smallest absolute Gasteiger partial charge is 0.330 e. The number of hydrogen-bond donors (Lipinski definition) is 2. The zero-order valence-corrected chi connectivity index (χ0v) is 7.85. The van der Waals surface area contributed by atoms with E-state index in [0.29, 0.717) is 6.61 Å². The minimum Gasteiger partial charge on any atom is -0.458 e. The maximum Gasteiger partial charge on any atom is 0.330 e. The molecule has 0 aliphatic rings. The standard InChI is InChI=1S/C10H10O2.H4N2/c1-2-10(11)12-8-9-6-4-3-5-7-9;1-2/h2-7H,1,8H2;1-2H2. The van der Waals surface area contributed by atoms with Crippen molar-refractivity contribution in [1.82, 2.24) is 0 Å². The Morgan fingerprint density at radius 2 is 1.93 bits per heavy atom. The van der Waals surface area contributed by atoms with Gasteiger partial charge in [0.2, 0.25) is 0 Å².